The number of nitrogens with one attached hydrogen (secondary N) is 1. The van der Waals surface area contributed by atoms with Crippen molar-refractivity contribution in [2.45, 2.75) is 19.4 Å². The summed E-state index contributed by atoms with van der Waals surface area (Å²) in [5.41, 5.74) is 10.2. The van der Waals surface area contributed by atoms with E-state index in [0.29, 0.717) is 40.3 Å². The Bertz CT molecular complexity index is 1350. The summed E-state index contributed by atoms with van der Waals surface area (Å²) in [5, 5.41) is 2.87. The first kappa shape index (κ1) is 24.8. The van der Waals surface area contributed by atoms with Crippen LogP contribution in [-0.2, 0) is 16.1 Å². The molecule has 3 aromatic rings. The minimum Gasteiger partial charge on any atom is -0.462 e. The summed E-state index contributed by atoms with van der Waals surface area (Å²) in [6.07, 6.45) is 0. The fourth-order valence-electron chi connectivity index (χ4n) is 4.26. The number of hydrogen-bond acceptors (Lipinski definition) is 6. The van der Waals surface area contributed by atoms with E-state index in [-0.39, 0.29) is 12.5 Å². The van der Waals surface area contributed by atoms with Crippen LogP contribution in [0.5, 0.6) is 0 Å². The van der Waals surface area contributed by atoms with Crippen LogP contribution in [0.3, 0.4) is 0 Å². The molecule has 184 valence electrons. The Balaban J connectivity index is 1.82. The summed E-state index contributed by atoms with van der Waals surface area (Å²) in [4.78, 5) is 44.4. The van der Waals surface area contributed by atoms with E-state index in [4.69, 9.17) is 15.5 Å². The number of hydrogen-bond donors (Lipinski definition) is 2. The van der Waals surface area contributed by atoms with Crippen LogP contribution in [0.25, 0.3) is 0 Å². The highest BCUT2D eigenvalue weighted by molar-refractivity contribution is 6.24. The number of carbonyl (C=O) groups excluding carboxylic acids is 3. The van der Waals surface area contributed by atoms with E-state index in [9.17, 15) is 14.4 Å². The van der Waals surface area contributed by atoms with E-state index < -0.39 is 17.8 Å². The minimum atomic E-state index is -0.711. The van der Waals surface area contributed by atoms with Crippen molar-refractivity contribution in [3.63, 3.8) is 0 Å². The fraction of sp³-hybridized carbons (Fsp3) is 0.214. The number of anilines is 1. The van der Waals surface area contributed by atoms with Crippen molar-refractivity contribution in [3.05, 3.63) is 94.5 Å². The lowest BCUT2D eigenvalue weighted by Gasteiger charge is -2.16. The monoisotopic (exact) mass is 484 g/mol. The van der Waals surface area contributed by atoms with Gasteiger partial charge in [0.1, 0.15) is 5.92 Å². The second kappa shape index (κ2) is 10.5. The summed E-state index contributed by atoms with van der Waals surface area (Å²) in [6, 6.07) is 19.7. The minimum absolute atomic E-state index is 0.257. The van der Waals surface area contributed by atoms with Gasteiger partial charge in [-0.25, -0.2) is 4.79 Å². The van der Waals surface area contributed by atoms with Crippen molar-refractivity contribution in [2.24, 2.45) is 10.7 Å². The number of rotatable bonds is 8. The van der Waals surface area contributed by atoms with Gasteiger partial charge in [-0.2, -0.15) is 0 Å². The van der Waals surface area contributed by atoms with Crippen LogP contribution < -0.4 is 11.1 Å². The molecule has 2 amide bonds. The third kappa shape index (κ3) is 5.18. The highest BCUT2D eigenvalue weighted by atomic mass is 16.5. The Morgan fingerprint density at radius 2 is 1.78 bits per heavy atom. The fourth-order valence-corrected chi connectivity index (χ4v) is 4.26. The first-order valence-corrected chi connectivity index (χ1v) is 11.6. The number of aliphatic imine (C=N–C) groups is 1. The lowest BCUT2D eigenvalue weighted by atomic mass is 9.90. The Hall–Kier alpha value is -4.30. The molecule has 1 atom stereocenters. The standard InChI is InChI=1S/C28H28N4O4/c1-4-36-28(35)18-11-13-21-23(14-18)31-27(34)24(21)25(17-8-6-5-7-9-17)30-20-12-10-19(16-32(2)3)22(15-20)26(29)33/h5-15,24H,4,16H2,1-3H3,(H2,29,33)(H,31,34). The summed E-state index contributed by atoms with van der Waals surface area (Å²) in [6.45, 7) is 2.55. The van der Waals surface area contributed by atoms with Gasteiger partial charge in [0.05, 0.1) is 23.6 Å². The molecule has 0 aromatic heterocycles. The first-order chi connectivity index (χ1) is 17.3. The number of fused-ring (bicyclic) bond motifs is 1. The zero-order valence-electron chi connectivity index (χ0n) is 20.4. The van der Waals surface area contributed by atoms with Crippen molar-refractivity contribution < 1.29 is 19.1 Å². The molecule has 0 fully saturated rings. The largest absolute Gasteiger partial charge is 0.462 e. The van der Waals surface area contributed by atoms with E-state index in [1.54, 1.807) is 31.2 Å². The van der Waals surface area contributed by atoms with Crippen LogP contribution in [0.2, 0.25) is 0 Å². The zero-order chi connectivity index (χ0) is 25.8. The summed E-state index contributed by atoms with van der Waals surface area (Å²) in [5.74, 6) is -1.96. The van der Waals surface area contributed by atoms with E-state index in [0.717, 1.165) is 11.1 Å². The van der Waals surface area contributed by atoms with Gasteiger partial charge in [-0.05, 0) is 62.0 Å². The maximum atomic E-state index is 13.2. The molecule has 0 radical (unpaired) electrons. The predicted octanol–water partition coefficient (Wildman–Crippen LogP) is 3.88. The van der Waals surface area contributed by atoms with Gasteiger partial charge < -0.3 is 20.7 Å². The summed E-state index contributed by atoms with van der Waals surface area (Å²) in [7, 11) is 3.82. The molecule has 1 unspecified atom stereocenters. The molecule has 36 heavy (non-hydrogen) atoms. The number of amides is 2. The van der Waals surface area contributed by atoms with Crippen molar-refractivity contribution in [1.82, 2.24) is 4.90 Å². The van der Waals surface area contributed by atoms with Crippen LogP contribution in [0, 0.1) is 0 Å². The van der Waals surface area contributed by atoms with Crippen molar-refractivity contribution in [3.8, 4) is 0 Å². The van der Waals surface area contributed by atoms with Gasteiger partial charge in [0.2, 0.25) is 11.8 Å². The van der Waals surface area contributed by atoms with Gasteiger partial charge >= 0.3 is 5.97 Å². The Morgan fingerprint density at radius 3 is 2.44 bits per heavy atom. The van der Waals surface area contributed by atoms with Crippen molar-refractivity contribution in [1.29, 1.82) is 0 Å². The van der Waals surface area contributed by atoms with E-state index >= 15 is 0 Å². The number of nitrogens with two attached hydrogens (primary N) is 1. The molecule has 3 aromatic carbocycles. The predicted molar refractivity (Wildman–Crippen MR) is 139 cm³/mol. The average molecular weight is 485 g/mol. The second-order valence-electron chi connectivity index (χ2n) is 8.75. The lowest BCUT2D eigenvalue weighted by molar-refractivity contribution is -0.115. The van der Waals surface area contributed by atoms with Crippen LogP contribution in [0.1, 0.15) is 50.2 Å². The van der Waals surface area contributed by atoms with Crippen LogP contribution in [0.4, 0.5) is 11.4 Å². The van der Waals surface area contributed by atoms with Gasteiger partial charge in [-0.3, -0.25) is 14.6 Å². The number of esters is 1. The normalized spacial score (nSPS) is 14.9. The third-order valence-corrected chi connectivity index (χ3v) is 5.83. The highest BCUT2D eigenvalue weighted by Gasteiger charge is 2.36. The van der Waals surface area contributed by atoms with Crippen LogP contribution in [-0.4, -0.2) is 49.1 Å². The Morgan fingerprint density at radius 1 is 1.03 bits per heavy atom. The quantitative estimate of drug-likeness (QED) is 0.372. The average Bonchev–Trinajstić information content (AvgIpc) is 3.18. The van der Waals surface area contributed by atoms with Crippen LogP contribution in [0.15, 0.2) is 71.7 Å². The number of nitrogens with zero attached hydrogens (tertiary/aromatic N) is 2. The molecule has 4 rings (SSSR count). The molecule has 1 heterocycles. The SMILES string of the molecule is CCOC(=O)c1ccc2c(c1)NC(=O)C2C(=Nc1ccc(CN(C)C)c(C(N)=O)c1)c1ccccc1. The molecular formula is C28H28N4O4. The number of primary amides is 1. The van der Waals surface area contributed by atoms with Crippen molar-refractivity contribution in [2.75, 3.05) is 26.0 Å². The van der Waals surface area contributed by atoms with Gasteiger partial charge in [0.25, 0.3) is 0 Å². The third-order valence-electron chi connectivity index (χ3n) is 5.83. The van der Waals surface area contributed by atoms with Gasteiger partial charge in [0, 0.05) is 17.8 Å². The molecule has 1 aliphatic rings. The number of benzene rings is 3. The Labute approximate surface area is 209 Å². The molecule has 0 bridgehead atoms. The summed E-state index contributed by atoms with van der Waals surface area (Å²) < 4.78 is 5.09. The molecule has 3 N–H and O–H groups in total. The molecule has 0 saturated heterocycles. The molecule has 8 nitrogen and oxygen atoms in total. The molecular weight excluding hydrogens is 456 g/mol. The summed E-state index contributed by atoms with van der Waals surface area (Å²) >= 11 is 0. The maximum absolute atomic E-state index is 13.2. The van der Waals surface area contributed by atoms with Gasteiger partial charge in [-0.1, -0.05) is 42.5 Å². The molecule has 0 spiro atoms. The van der Waals surface area contributed by atoms with E-state index in [1.165, 1.54) is 0 Å². The molecule has 0 saturated carbocycles. The molecule has 8 heteroatoms. The number of carbonyl (C=O) groups is 3. The van der Waals surface area contributed by atoms with Gasteiger partial charge in [0.15, 0.2) is 0 Å². The number of ether oxygens (including phenoxy) is 1. The Kier molecular flexibility index (Phi) is 7.26. The van der Waals surface area contributed by atoms with E-state index in [2.05, 4.69) is 5.32 Å². The second-order valence-corrected chi connectivity index (χ2v) is 8.75. The zero-order valence-corrected chi connectivity index (χ0v) is 20.4. The lowest BCUT2D eigenvalue weighted by Crippen LogP contribution is -2.22. The van der Waals surface area contributed by atoms with E-state index in [1.807, 2.05) is 61.5 Å². The van der Waals surface area contributed by atoms with Gasteiger partial charge in [-0.15, -0.1) is 0 Å². The topological polar surface area (TPSA) is 114 Å². The molecule has 1 aliphatic heterocycles. The maximum Gasteiger partial charge on any atom is 0.338 e. The highest BCUT2D eigenvalue weighted by Crippen LogP contribution is 2.37. The smallest absolute Gasteiger partial charge is 0.338 e. The molecule has 0 aliphatic carbocycles. The first-order valence-electron chi connectivity index (χ1n) is 11.6. The van der Waals surface area contributed by atoms with Crippen LogP contribution >= 0.6 is 0 Å². The van der Waals surface area contributed by atoms with Crippen molar-refractivity contribution >= 4 is 34.9 Å².